The van der Waals surface area contributed by atoms with Gasteiger partial charge in [0.2, 0.25) is 0 Å². The number of hydrogen-bond acceptors (Lipinski definition) is 3. The fourth-order valence-corrected chi connectivity index (χ4v) is 2.35. The smallest absolute Gasteiger partial charge is 0.0726 e. The minimum Gasteiger partial charge on any atom is -0.378 e. The molecule has 3 nitrogen and oxygen atoms in total. The van der Waals surface area contributed by atoms with E-state index in [0.717, 1.165) is 37.5 Å². The zero-order chi connectivity index (χ0) is 11.7. The number of anilines is 1. The maximum absolute atomic E-state index is 5.41. The summed E-state index contributed by atoms with van der Waals surface area (Å²) in [6, 6.07) is 10.5. The lowest BCUT2D eigenvalue weighted by atomic mass is 10.1. The van der Waals surface area contributed by atoms with Crippen molar-refractivity contribution in [1.29, 1.82) is 0 Å². The number of rotatable bonds is 1. The van der Waals surface area contributed by atoms with Crippen LogP contribution in [0.25, 0.3) is 10.9 Å². The van der Waals surface area contributed by atoms with Crippen LogP contribution in [0.4, 0.5) is 5.69 Å². The summed E-state index contributed by atoms with van der Waals surface area (Å²) in [6.07, 6.45) is 0. The molecule has 18 heavy (non-hydrogen) atoms. The van der Waals surface area contributed by atoms with Crippen LogP contribution in [0.3, 0.4) is 0 Å². The van der Waals surface area contributed by atoms with Gasteiger partial charge in [0.05, 0.1) is 18.7 Å². The highest BCUT2D eigenvalue weighted by Gasteiger charge is 2.14. The second-order valence-electron chi connectivity index (χ2n) is 4.40. The molecule has 96 valence electrons. The van der Waals surface area contributed by atoms with E-state index in [1.807, 2.05) is 6.07 Å². The number of halogens is 1. The Bertz CT molecular complexity index is 538. The van der Waals surface area contributed by atoms with E-state index < -0.39 is 0 Å². The highest BCUT2D eigenvalue weighted by atomic mass is 35.5. The third-order valence-electron chi connectivity index (χ3n) is 3.17. The summed E-state index contributed by atoms with van der Waals surface area (Å²) in [5, 5.41) is 1.24. The molecule has 0 amide bonds. The molecule has 0 unspecified atom stereocenters. The summed E-state index contributed by atoms with van der Waals surface area (Å²) in [5.41, 5.74) is 3.44. The van der Waals surface area contributed by atoms with Gasteiger partial charge >= 0.3 is 0 Å². The molecular weight excluding hydrogens is 248 g/mol. The number of nitrogens with zero attached hydrogens (tertiary/aromatic N) is 2. The molecule has 0 radical (unpaired) electrons. The van der Waals surface area contributed by atoms with Gasteiger partial charge in [-0.3, -0.25) is 4.98 Å². The molecule has 4 heteroatoms. The van der Waals surface area contributed by atoms with Crippen LogP contribution in [0.1, 0.15) is 5.69 Å². The van der Waals surface area contributed by atoms with Crippen molar-refractivity contribution in [1.82, 2.24) is 4.98 Å². The highest BCUT2D eigenvalue weighted by Crippen LogP contribution is 2.27. The van der Waals surface area contributed by atoms with Gasteiger partial charge in [-0.05, 0) is 19.1 Å². The summed E-state index contributed by atoms with van der Waals surface area (Å²) in [5.74, 6) is 0. The van der Waals surface area contributed by atoms with Crippen LogP contribution in [-0.2, 0) is 4.74 Å². The van der Waals surface area contributed by atoms with Gasteiger partial charge in [-0.15, -0.1) is 12.4 Å². The minimum absolute atomic E-state index is 0. The average molecular weight is 265 g/mol. The number of pyridine rings is 1. The molecule has 1 aromatic carbocycles. The van der Waals surface area contributed by atoms with Crippen molar-refractivity contribution in [2.24, 2.45) is 0 Å². The zero-order valence-electron chi connectivity index (χ0n) is 10.4. The van der Waals surface area contributed by atoms with Crippen molar-refractivity contribution in [3.8, 4) is 0 Å². The molecule has 2 heterocycles. The topological polar surface area (TPSA) is 25.4 Å². The third-order valence-corrected chi connectivity index (χ3v) is 3.17. The first kappa shape index (κ1) is 13.1. The number of morpholine rings is 1. The largest absolute Gasteiger partial charge is 0.378 e. The second kappa shape index (κ2) is 5.55. The molecule has 0 atom stereocenters. The van der Waals surface area contributed by atoms with Gasteiger partial charge in [-0.25, -0.2) is 0 Å². The Morgan fingerprint density at radius 1 is 1.17 bits per heavy atom. The molecular formula is C14H17ClN2O. The molecule has 0 saturated carbocycles. The quantitative estimate of drug-likeness (QED) is 0.792. The lowest BCUT2D eigenvalue weighted by Crippen LogP contribution is -2.36. The molecule has 1 aromatic heterocycles. The first-order chi connectivity index (χ1) is 8.34. The molecule has 1 aliphatic heterocycles. The average Bonchev–Trinajstić information content (AvgIpc) is 2.39. The molecule has 1 aliphatic rings. The molecule has 3 rings (SSSR count). The fourth-order valence-electron chi connectivity index (χ4n) is 2.35. The third kappa shape index (κ3) is 2.42. The van der Waals surface area contributed by atoms with Crippen molar-refractivity contribution in [2.45, 2.75) is 6.92 Å². The van der Waals surface area contributed by atoms with Gasteiger partial charge in [-0.2, -0.15) is 0 Å². The molecule has 0 aliphatic carbocycles. The number of ether oxygens (including phenoxy) is 1. The van der Waals surface area contributed by atoms with Crippen molar-refractivity contribution in [3.05, 3.63) is 36.0 Å². The van der Waals surface area contributed by atoms with Crippen LogP contribution >= 0.6 is 12.4 Å². The van der Waals surface area contributed by atoms with Crippen LogP contribution in [0, 0.1) is 6.92 Å². The Morgan fingerprint density at radius 2 is 1.89 bits per heavy atom. The number of aryl methyl sites for hydroxylation is 1. The Hall–Kier alpha value is -1.32. The van der Waals surface area contributed by atoms with Crippen molar-refractivity contribution in [2.75, 3.05) is 31.2 Å². The fraction of sp³-hybridized carbons (Fsp3) is 0.357. The summed E-state index contributed by atoms with van der Waals surface area (Å²) in [7, 11) is 0. The van der Waals surface area contributed by atoms with Gasteiger partial charge in [0, 0.05) is 29.9 Å². The van der Waals surface area contributed by atoms with E-state index in [9.17, 15) is 0 Å². The standard InChI is InChI=1S/C14H16N2O.ClH/c1-11-10-14(16-6-8-17-9-7-16)12-4-2-3-5-13(12)15-11;/h2-5,10H,6-9H2,1H3;1H. The number of benzene rings is 1. The van der Waals surface area contributed by atoms with E-state index >= 15 is 0 Å². The summed E-state index contributed by atoms with van der Waals surface area (Å²) >= 11 is 0. The summed E-state index contributed by atoms with van der Waals surface area (Å²) in [6.45, 7) is 5.61. The molecule has 0 spiro atoms. The monoisotopic (exact) mass is 264 g/mol. The molecule has 1 saturated heterocycles. The summed E-state index contributed by atoms with van der Waals surface area (Å²) < 4.78 is 5.41. The lowest BCUT2D eigenvalue weighted by molar-refractivity contribution is 0.123. The van der Waals surface area contributed by atoms with E-state index in [-0.39, 0.29) is 12.4 Å². The van der Waals surface area contributed by atoms with E-state index in [0.29, 0.717) is 0 Å². The van der Waals surface area contributed by atoms with Crippen molar-refractivity contribution < 1.29 is 4.74 Å². The van der Waals surface area contributed by atoms with Crippen LogP contribution in [0.5, 0.6) is 0 Å². The van der Waals surface area contributed by atoms with E-state index in [2.05, 4.69) is 41.1 Å². The maximum Gasteiger partial charge on any atom is 0.0726 e. The molecule has 1 fully saturated rings. The van der Waals surface area contributed by atoms with Gasteiger partial charge in [0.15, 0.2) is 0 Å². The number of hydrogen-bond donors (Lipinski definition) is 0. The van der Waals surface area contributed by atoms with Gasteiger partial charge in [0.1, 0.15) is 0 Å². The Labute approximate surface area is 113 Å². The Kier molecular flexibility index (Phi) is 4.04. The Balaban J connectivity index is 0.00000120. The first-order valence-electron chi connectivity index (χ1n) is 6.04. The minimum atomic E-state index is 0. The first-order valence-corrected chi connectivity index (χ1v) is 6.04. The Morgan fingerprint density at radius 3 is 2.67 bits per heavy atom. The van der Waals surface area contributed by atoms with Crippen LogP contribution in [0.2, 0.25) is 0 Å². The predicted molar refractivity (Wildman–Crippen MR) is 76.8 cm³/mol. The second-order valence-corrected chi connectivity index (χ2v) is 4.40. The lowest BCUT2D eigenvalue weighted by Gasteiger charge is -2.30. The summed E-state index contributed by atoms with van der Waals surface area (Å²) in [4.78, 5) is 6.96. The van der Waals surface area contributed by atoms with E-state index in [4.69, 9.17) is 4.74 Å². The van der Waals surface area contributed by atoms with Crippen molar-refractivity contribution >= 4 is 29.0 Å². The normalized spacial score (nSPS) is 15.5. The zero-order valence-corrected chi connectivity index (χ0v) is 11.2. The number of para-hydroxylation sites is 1. The molecule has 0 N–H and O–H groups in total. The van der Waals surface area contributed by atoms with Crippen LogP contribution in [-0.4, -0.2) is 31.3 Å². The molecule has 2 aromatic rings. The highest BCUT2D eigenvalue weighted by molar-refractivity contribution is 5.92. The van der Waals surface area contributed by atoms with Crippen LogP contribution in [0.15, 0.2) is 30.3 Å². The van der Waals surface area contributed by atoms with E-state index in [1.54, 1.807) is 0 Å². The van der Waals surface area contributed by atoms with Crippen LogP contribution < -0.4 is 4.90 Å². The SMILES string of the molecule is Cc1cc(N2CCOCC2)c2ccccc2n1.Cl. The van der Waals surface area contributed by atoms with Gasteiger partial charge < -0.3 is 9.64 Å². The van der Waals surface area contributed by atoms with Crippen molar-refractivity contribution in [3.63, 3.8) is 0 Å². The number of fused-ring (bicyclic) bond motifs is 1. The maximum atomic E-state index is 5.41. The van der Waals surface area contributed by atoms with E-state index in [1.165, 1.54) is 11.1 Å². The van der Waals surface area contributed by atoms with Gasteiger partial charge in [0.25, 0.3) is 0 Å². The number of aromatic nitrogens is 1. The molecule has 0 bridgehead atoms. The predicted octanol–water partition coefficient (Wildman–Crippen LogP) is 2.80. The van der Waals surface area contributed by atoms with Gasteiger partial charge in [-0.1, -0.05) is 18.2 Å².